The SMILES string of the molecule is c1cc(OCC2CCCO2)cc(-c2cccc3nc(Nc4ccc(OCCN5CCCC5)cc4)nn23)c1. The van der Waals surface area contributed by atoms with Crippen molar-refractivity contribution in [2.75, 3.05) is 44.8 Å². The standard InChI is InChI=1S/C29H33N5O3/c1-2-16-33(15-1)17-19-36-24-13-11-23(12-14-24)30-29-31-28-10-4-9-27(34(28)32-29)22-6-3-7-25(20-22)37-21-26-8-5-18-35-26/h3-4,6-7,9-14,20,26H,1-2,5,8,15-19,21H2,(H,30,32). The number of nitrogens with one attached hydrogen (secondary N) is 1. The van der Waals surface area contributed by atoms with Crippen LogP contribution in [0.3, 0.4) is 0 Å². The van der Waals surface area contributed by atoms with Crippen molar-refractivity contribution < 1.29 is 14.2 Å². The first-order valence-electron chi connectivity index (χ1n) is 13.2. The molecule has 0 radical (unpaired) electrons. The first-order valence-corrected chi connectivity index (χ1v) is 13.2. The number of rotatable bonds is 10. The first-order chi connectivity index (χ1) is 18.3. The molecule has 4 heterocycles. The van der Waals surface area contributed by atoms with Crippen molar-refractivity contribution in [2.45, 2.75) is 31.8 Å². The Morgan fingerprint density at radius 1 is 0.919 bits per heavy atom. The zero-order valence-electron chi connectivity index (χ0n) is 21.0. The molecule has 0 spiro atoms. The molecule has 1 atom stereocenters. The summed E-state index contributed by atoms with van der Waals surface area (Å²) in [5.41, 5.74) is 3.64. The van der Waals surface area contributed by atoms with E-state index < -0.39 is 0 Å². The number of nitrogens with zero attached hydrogens (tertiary/aromatic N) is 4. The van der Waals surface area contributed by atoms with Crippen LogP contribution in [0.4, 0.5) is 11.6 Å². The van der Waals surface area contributed by atoms with Crippen LogP contribution >= 0.6 is 0 Å². The van der Waals surface area contributed by atoms with Gasteiger partial charge in [0.2, 0.25) is 5.95 Å². The molecule has 4 aromatic rings. The maximum atomic E-state index is 6.01. The maximum absolute atomic E-state index is 6.01. The maximum Gasteiger partial charge on any atom is 0.247 e. The van der Waals surface area contributed by atoms with E-state index in [1.807, 2.05) is 65.2 Å². The van der Waals surface area contributed by atoms with Gasteiger partial charge in [0.15, 0.2) is 5.65 Å². The Bertz CT molecular complexity index is 1310. The number of likely N-dealkylation sites (tertiary alicyclic amines) is 1. The third-order valence-electron chi connectivity index (χ3n) is 6.93. The van der Waals surface area contributed by atoms with Gasteiger partial charge in [-0.25, -0.2) is 4.52 Å². The van der Waals surface area contributed by atoms with Crippen molar-refractivity contribution in [3.63, 3.8) is 0 Å². The van der Waals surface area contributed by atoms with E-state index >= 15 is 0 Å². The van der Waals surface area contributed by atoms with Crippen molar-refractivity contribution in [3.05, 3.63) is 66.7 Å². The van der Waals surface area contributed by atoms with Crippen molar-refractivity contribution in [2.24, 2.45) is 0 Å². The van der Waals surface area contributed by atoms with Gasteiger partial charge in [-0.15, -0.1) is 5.10 Å². The molecule has 37 heavy (non-hydrogen) atoms. The molecular weight excluding hydrogens is 466 g/mol. The summed E-state index contributed by atoms with van der Waals surface area (Å²) in [4.78, 5) is 7.13. The Morgan fingerprint density at radius 3 is 2.62 bits per heavy atom. The summed E-state index contributed by atoms with van der Waals surface area (Å²) >= 11 is 0. The molecule has 2 fully saturated rings. The van der Waals surface area contributed by atoms with Gasteiger partial charge < -0.3 is 19.5 Å². The molecule has 8 nitrogen and oxygen atoms in total. The van der Waals surface area contributed by atoms with Gasteiger partial charge in [-0.3, -0.25) is 4.90 Å². The van der Waals surface area contributed by atoms with E-state index in [9.17, 15) is 0 Å². The molecule has 0 amide bonds. The summed E-state index contributed by atoms with van der Waals surface area (Å²) in [5.74, 6) is 2.24. The average molecular weight is 500 g/mol. The Balaban J connectivity index is 1.12. The molecule has 2 aliphatic rings. The van der Waals surface area contributed by atoms with Crippen LogP contribution in [0, 0.1) is 0 Å². The average Bonchev–Trinajstić information content (AvgIpc) is 3.71. The number of benzene rings is 2. The summed E-state index contributed by atoms with van der Waals surface area (Å²) in [6.45, 7) is 5.48. The van der Waals surface area contributed by atoms with Gasteiger partial charge in [-0.05, 0) is 87.3 Å². The number of hydrogen-bond acceptors (Lipinski definition) is 7. The van der Waals surface area contributed by atoms with E-state index in [4.69, 9.17) is 19.3 Å². The minimum atomic E-state index is 0.187. The smallest absolute Gasteiger partial charge is 0.247 e. The lowest BCUT2D eigenvalue weighted by atomic mass is 10.1. The van der Waals surface area contributed by atoms with E-state index in [0.29, 0.717) is 19.2 Å². The predicted octanol–water partition coefficient (Wildman–Crippen LogP) is 5.17. The fourth-order valence-corrected chi connectivity index (χ4v) is 4.95. The van der Waals surface area contributed by atoms with Crippen LogP contribution in [-0.4, -0.2) is 65.1 Å². The lowest BCUT2D eigenvalue weighted by Crippen LogP contribution is -2.25. The van der Waals surface area contributed by atoms with Crippen molar-refractivity contribution in [3.8, 4) is 22.8 Å². The second-order valence-electron chi connectivity index (χ2n) is 9.64. The first kappa shape index (κ1) is 23.8. The van der Waals surface area contributed by atoms with Gasteiger partial charge in [-0.1, -0.05) is 18.2 Å². The molecule has 2 aliphatic heterocycles. The highest BCUT2D eigenvalue weighted by molar-refractivity contribution is 5.66. The molecule has 0 saturated carbocycles. The minimum Gasteiger partial charge on any atom is -0.492 e. The molecule has 1 N–H and O–H groups in total. The summed E-state index contributed by atoms with van der Waals surface area (Å²) in [7, 11) is 0. The third-order valence-corrected chi connectivity index (χ3v) is 6.93. The van der Waals surface area contributed by atoms with Gasteiger partial charge >= 0.3 is 0 Å². The Morgan fingerprint density at radius 2 is 1.78 bits per heavy atom. The van der Waals surface area contributed by atoms with Crippen LogP contribution < -0.4 is 14.8 Å². The van der Waals surface area contributed by atoms with Crippen LogP contribution in [0.25, 0.3) is 16.9 Å². The van der Waals surface area contributed by atoms with E-state index in [0.717, 1.165) is 60.1 Å². The molecule has 192 valence electrons. The number of hydrogen-bond donors (Lipinski definition) is 1. The largest absolute Gasteiger partial charge is 0.492 e. The second kappa shape index (κ2) is 11.2. The Hall–Kier alpha value is -3.62. The minimum absolute atomic E-state index is 0.187. The topological polar surface area (TPSA) is 73.2 Å². The van der Waals surface area contributed by atoms with Gasteiger partial charge in [0.25, 0.3) is 0 Å². The fourth-order valence-electron chi connectivity index (χ4n) is 4.95. The number of ether oxygens (including phenoxy) is 3. The highest BCUT2D eigenvalue weighted by Crippen LogP contribution is 2.26. The molecule has 0 aliphatic carbocycles. The molecule has 2 aromatic heterocycles. The number of pyridine rings is 1. The van der Waals surface area contributed by atoms with Crippen LogP contribution in [0.5, 0.6) is 11.5 Å². The molecular formula is C29H33N5O3. The second-order valence-corrected chi connectivity index (χ2v) is 9.64. The van der Waals surface area contributed by atoms with E-state index in [1.54, 1.807) is 0 Å². The number of fused-ring (bicyclic) bond motifs is 1. The molecule has 8 heteroatoms. The Kier molecular flexibility index (Phi) is 7.19. The quantitative estimate of drug-likeness (QED) is 0.323. The summed E-state index contributed by atoms with van der Waals surface area (Å²) in [5, 5.41) is 8.05. The molecule has 2 aromatic carbocycles. The van der Waals surface area contributed by atoms with Crippen LogP contribution in [0.2, 0.25) is 0 Å². The van der Waals surface area contributed by atoms with Crippen molar-refractivity contribution in [1.29, 1.82) is 0 Å². The van der Waals surface area contributed by atoms with Crippen molar-refractivity contribution in [1.82, 2.24) is 19.5 Å². The third kappa shape index (κ3) is 5.87. The van der Waals surface area contributed by atoms with Gasteiger partial charge in [0.1, 0.15) is 24.7 Å². The lowest BCUT2D eigenvalue weighted by Gasteiger charge is -2.15. The van der Waals surface area contributed by atoms with Gasteiger partial charge in [0, 0.05) is 24.4 Å². The molecule has 0 bridgehead atoms. The van der Waals surface area contributed by atoms with E-state index in [2.05, 4.69) is 21.3 Å². The van der Waals surface area contributed by atoms with Crippen LogP contribution in [-0.2, 0) is 4.74 Å². The molecule has 6 rings (SSSR count). The summed E-state index contributed by atoms with van der Waals surface area (Å²) < 4.78 is 19.5. The highest BCUT2D eigenvalue weighted by atomic mass is 16.5. The monoisotopic (exact) mass is 499 g/mol. The van der Waals surface area contributed by atoms with Gasteiger partial charge in [0.05, 0.1) is 11.8 Å². The highest BCUT2D eigenvalue weighted by Gasteiger charge is 2.16. The lowest BCUT2D eigenvalue weighted by molar-refractivity contribution is 0.0680. The van der Waals surface area contributed by atoms with Crippen LogP contribution in [0.15, 0.2) is 66.7 Å². The fraction of sp³-hybridized carbons (Fsp3) is 0.379. The molecule has 2 saturated heterocycles. The van der Waals surface area contributed by atoms with Gasteiger partial charge in [-0.2, -0.15) is 4.98 Å². The number of aromatic nitrogens is 3. The zero-order valence-corrected chi connectivity index (χ0v) is 21.0. The predicted molar refractivity (Wildman–Crippen MR) is 144 cm³/mol. The summed E-state index contributed by atoms with van der Waals surface area (Å²) in [6.07, 6.45) is 4.95. The van der Waals surface area contributed by atoms with E-state index in [-0.39, 0.29) is 6.10 Å². The molecule has 1 unspecified atom stereocenters. The summed E-state index contributed by atoms with van der Waals surface area (Å²) in [6, 6.07) is 22.0. The van der Waals surface area contributed by atoms with Crippen LogP contribution in [0.1, 0.15) is 25.7 Å². The zero-order chi connectivity index (χ0) is 24.9. The van der Waals surface area contributed by atoms with E-state index in [1.165, 1.54) is 25.9 Å². The normalized spacial score (nSPS) is 17.9. The van der Waals surface area contributed by atoms with Crippen molar-refractivity contribution >= 4 is 17.3 Å². The Labute approximate surface area is 217 Å². The number of anilines is 2.